The van der Waals surface area contributed by atoms with E-state index in [9.17, 15) is 22.4 Å². The first-order valence-corrected chi connectivity index (χ1v) is 9.80. The standard InChI is InChI=1S/C17H23FN2O5S/c1-4-17(2,16(22)25-3)19-15(21)12-7-8-13(18)14(11-12)26(23,24)20-9-5-6-10-20/h7-8,11H,4-6,9-10H2,1-3H3,(H,19,21). The Kier molecular flexibility index (Phi) is 6.02. The Hall–Kier alpha value is -2.00. The fourth-order valence-corrected chi connectivity index (χ4v) is 4.35. The number of carbonyl (C=O) groups excluding carboxylic acids is 2. The van der Waals surface area contributed by atoms with Crippen molar-refractivity contribution in [2.75, 3.05) is 20.2 Å². The first-order chi connectivity index (χ1) is 12.2. The molecule has 1 fully saturated rings. The van der Waals surface area contributed by atoms with E-state index in [1.807, 2.05) is 0 Å². The molecular weight excluding hydrogens is 363 g/mol. The molecule has 0 aromatic heterocycles. The number of methoxy groups -OCH3 is 1. The summed E-state index contributed by atoms with van der Waals surface area (Å²) in [6, 6.07) is 3.13. The summed E-state index contributed by atoms with van der Waals surface area (Å²) >= 11 is 0. The van der Waals surface area contributed by atoms with Crippen LogP contribution in [-0.4, -0.2) is 50.3 Å². The third kappa shape index (κ3) is 3.88. The normalized spacial score (nSPS) is 17.5. The predicted octanol–water partition coefficient (Wildman–Crippen LogP) is 1.68. The van der Waals surface area contributed by atoms with E-state index in [4.69, 9.17) is 4.74 Å². The van der Waals surface area contributed by atoms with Crippen molar-refractivity contribution in [2.24, 2.45) is 0 Å². The highest BCUT2D eigenvalue weighted by atomic mass is 32.2. The second-order valence-electron chi connectivity index (χ2n) is 6.39. The van der Waals surface area contributed by atoms with Gasteiger partial charge in [0.1, 0.15) is 16.3 Å². The van der Waals surface area contributed by atoms with Gasteiger partial charge in [0.2, 0.25) is 10.0 Å². The predicted molar refractivity (Wildman–Crippen MR) is 92.6 cm³/mol. The third-order valence-corrected chi connectivity index (χ3v) is 6.52. The van der Waals surface area contributed by atoms with Crippen LogP contribution in [0.4, 0.5) is 4.39 Å². The van der Waals surface area contributed by atoms with Gasteiger partial charge < -0.3 is 10.1 Å². The number of hydrogen-bond acceptors (Lipinski definition) is 5. The molecule has 1 aromatic carbocycles. The number of ether oxygens (including phenoxy) is 1. The number of hydrogen-bond donors (Lipinski definition) is 1. The third-order valence-electron chi connectivity index (χ3n) is 4.61. The Morgan fingerprint density at radius 3 is 2.46 bits per heavy atom. The minimum Gasteiger partial charge on any atom is -0.467 e. The number of rotatable bonds is 6. The number of amides is 1. The molecule has 1 atom stereocenters. The topological polar surface area (TPSA) is 92.8 Å². The average Bonchev–Trinajstić information content (AvgIpc) is 3.16. The first-order valence-electron chi connectivity index (χ1n) is 8.36. The Labute approximate surface area is 152 Å². The van der Waals surface area contributed by atoms with E-state index in [0.29, 0.717) is 13.1 Å². The maximum Gasteiger partial charge on any atom is 0.331 e. The van der Waals surface area contributed by atoms with Gasteiger partial charge in [-0.2, -0.15) is 4.31 Å². The van der Waals surface area contributed by atoms with Crippen molar-refractivity contribution in [3.63, 3.8) is 0 Å². The fourth-order valence-electron chi connectivity index (χ4n) is 2.74. The van der Waals surface area contributed by atoms with Crippen LogP contribution in [0.25, 0.3) is 0 Å². The van der Waals surface area contributed by atoms with Crippen LogP contribution in [0.3, 0.4) is 0 Å². The summed E-state index contributed by atoms with van der Waals surface area (Å²) < 4.78 is 45.3. The van der Waals surface area contributed by atoms with Gasteiger partial charge >= 0.3 is 5.97 Å². The Balaban J connectivity index is 2.34. The van der Waals surface area contributed by atoms with Crippen LogP contribution in [0.15, 0.2) is 23.1 Å². The molecule has 1 unspecified atom stereocenters. The van der Waals surface area contributed by atoms with Gasteiger partial charge in [0.05, 0.1) is 7.11 Å². The lowest BCUT2D eigenvalue weighted by atomic mass is 9.98. The van der Waals surface area contributed by atoms with Crippen LogP contribution in [0.1, 0.15) is 43.5 Å². The maximum absolute atomic E-state index is 14.2. The molecule has 1 aliphatic rings. The molecule has 0 saturated carbocycles. The molecule has 1 aromatic rings. The summed E-state index contributed by atoms with van der Waals surface area (Å²) in [6.07, 6.45) is 1.70. The summed E-state index contributed by atoms with van der Waals surface area (Å²) in [4.78, 5) is 23.8. The molecule has 0 bridgehead atoms. The van der Waals surface area contributed by atoms with Crippen molar-refractivity contribution < 1.29 is 27.1 Å². The van der Waals surface area contributed by atoms with Crippen LogP contribution >= 0.6 is 0 Å². The second kappa shape index (κ2) is 7.71. The molecular formula is C17H23FN2O5S. The van der Waals surface area contributed by atoms with Crippen molar-refractivity contribution in [2.45, 2.75) is 43.5 Å². The van der Waals surface area contributed by atoms with E-state index in [2.05, 4.69) is 5.32 Å². The van der Waals surface area contributed by atoms with Gasteiger partial charge in [-0.05, 0) is 44.4 Å². The largest absolute Gasteiger partial charge is 0.467 e. The van der Waals surface area contributed by atoms with Gasteiger partial charge in [0, 0.05) is 18.7 Å². The van der Waals surface area contributed by atoms with Gasteiger partial charge in [0.25, 0.3) is 5.91 Å². The second-order valence-corrected chi connectivity index (χ2v) is 8.29. The molecule has 0 aliphatic carbocycles. The molecule has 0 spiro atoms. The number of nitrogens with zero attached hydrogens (tertiary/aromatic N) is 1. The summed E-state index contributed by atoms with van der Waals surface area (Å²) in [6.45, 7) is 3.86. The molecule has 0 radical (unpaired) electrons. The van der Waals surface area contributed by atoms with Crippen LogP contribution in [0, 0.1) is 5.82 Å². The lowest BCUT2D eigenvalue weighted by Gasteiger charge is -2.26. The van der Waals surface area contributed by atoms with Crippen LogP contribution in [0.2, 0.25) is 0 Å². The number of benzene rings is 1. The number of carbonyl (C=O) groups is 2. The zero-order chi connectivity index (χ0) is 19.5. The fraction of sp³-hybridized carbons (Fsp3) is 0.529. The highest BCUT2D eigenvalue weighted by Gasteiger charge is 2.35. The number of nitrogens with one attached hydrogen (secondary N) is 1. The molecule has 1 aliphatic heterocycles. The summed E-state index contributed by atoms with van der Waals surface area (Å²) in [5, 5.41) is 2.53. The molecule has 1 heterocycles. The lowest BCUT2D eigenvalue weighted by Crippen LogP contribution is -2.52. The lowest BCUT2D eigenvalue weighted by molar-refractivity contribution is -0.147. The number of sulfonamides is 1. The Morgan fingerprint density at radius 1 is 1.31 bits per heavy atom. The smallest absolute Gasteiger partial charge is 0.331 e. The van der Waals surface area contributed by atoms with Crippen molar-refractivity contribution in [3.8, 4) is 0 Å². The van der Waals surface area contributed by atoms with Gasteiger partial charge in [-0.3, -0.25) is 4.79 Å². The number of esters is 1. The van der Waals surface area contributed by atoms with E-state index in [-0.39, 0.29) is 12.0 Å². The molecule has 1 amide bonds. The first kappa shape index (κ1) is 20.3. The Morgan fingerprint density at radius 2 is 1.92 bits per heavy atom. The van der Waals surface area contributed by atoms with Crippen molar-refractivity contribution in [3.05, 3.63) is 29.6 Å². The SMILES string of the molecule is CCC(C)(NC(=O)c1ccc(F)c(S(=O)(=O)N2CCCC2)c1)C(=O)OC. The molecule has 7 nitrogen and oxygen atoms in total. The zero-order valence-electron chi connectivity index (χ0n) is 15.0. The van der Waals surface area contributed by atoms with Crippen LogP contribution in [-0.2, 0) is 19.6 Å². The summed E-state index contributed by atoms with van der Waals surface area (Å²) in [5.41, 5.74) is -1.32. The zero-order valence-corrected chi connectivity index (χ0v) is 15.9. The molecule has 26 heavy (non-hydrogen) atoms. The van der Waals surface area contributed by atoms with Crippen LogP contribution in [0.5, 0.6) is 0 Å². The molecule has 9 heteroatoms. The molecule has 1 saturated heterocycles. The molecule has 1 N–H and O–H groups in total. The monoisotopic (exact) mass is 386 g/mol. The highest BCUT2D eigenvalue weighted by molar-refractivity contribution is 7.89. The van der Waals surface area contributed by atoms with Crippen LogP contribution < -0.4 is 5.32 Å². The maximum atomic E-state index is 14.2. The summed E-state index contributed by atoms with van der Waals surface area (Å²) in [5.74, 6) is -2.22. The van der Waals surface area contributed by atoms with Crippen molar-refractivity contribution in [1.29, 1.82) is 0 Å². The van der Waals surface area contributed by atoms with Gasteiger partial charge in [-0.25, -0.2) is 17.6 Å². The minimum atomic E-state index is -4.01. The van der Waals surface area contributed by atoms with E-state index < -0.39 is 38.2 Å². The van der Waals surface area contributed by atoms with Gasteiger partial charge in [0.15, 0.2) is 0 Å². The summed E-state index contributed by atoms with van der Waals surface area (Å²) in [7, 11) is -2.80. The van der Waals surface area contributed by atoms with Crippen molar-refractivity contribution in [1.82, 2.24) is 9.62 Å². The minimum absolute atomic E-state index is 0.0484. The Bertz CT molecular complexity index is 805. The van der Waals surface area contributed by atoms with E-state index in [1.54, 1.807) is 6.92 Å². The highest BCUT2D eigenvalue weighted by Crippen LogP contribution is 2.24. The van der Waals surface area contributed by atoms with Gasteiger partial charge in [-0.1, -0.05) is 6.92 Å². The quantitative estimate of drug-likeness (QED) is 0.751. The molecule has 2 rings (SSSR count). The van der Waals surface area contributed by atoms with E-state index >= 15 is 0 Å². The number of halogens is 1. The van der Waals surface area contributed by atoms with E-state index in [1.165, 1.54) is 24.4 Å². The van der Waals surface area contributed by atoms with Crippen molar-refractivity contribution >= 4 is 21.9 Å². The van der Waals surface area contributed by atoms with Gasteiger partial charge in [-0.15, -0.1) is 0 Å². The van der Waals surface area contributed by atoms with E-state index in [0.717, 1.165) is 25.0 Å². The average molecular weight is 386 g/mol. The molecule has 144 valence electrons.